The number of benzene rings is 1. The van der Waals surface area contributed by atoms with Crippen LogP contribution in [0.15, 0.2) is 18.2 Å². The molecule has 0 unspecified atom stereocenters. The molecule has 1 heterocycles. The number of aliphatic hydroxyl groups excluding tert-OH is 1. The van der Waals surface area contributed by atoms with Gasteiger partial charge in [-0.15, -0.1) is 0 Å². The first-order chi connectivity index (χ1) is 13.3. The topological polar surface area (TPSA) is 110 Å². The Morgan fingerprint density at radius 2 is 1.86 bits per heavy atom. The minimum atomic E-state index is -0.706. The van der Waals surface area contributed by atoms with Crippen molar-refractivity contribution in [2.24, 2.45) is 0 Å². The summed E-state index contributed by atoms with van der Waals surface area (Å²) in [6, 6.07) is 5.31. The Morgan fingerprint density at radius 3 is 2.43 bits per heavy atom. The van der Waals surface area contributed by atoms with Crippen LogP contribution in [-0.4, -0.2) is 42.8 Å². The quantitative estimate of drug-likeness (QED) is 0.596. The zero-order valence-electron chi connectivity index (χ0n) is 16.7. The summed E-state index contributed by atoms with van der Waals surface area (Å²) >= 11 is 0. The number of amides is 1. The smallest absolute Gasteiger partial charge is 0.355 e. The van der Waals surface area contributed by atoms with Crippen LogP contribution < -0.4 is 14.8 Å². The van der Waals surface area contributed by atoms with Gasteiger partial charge in [-0.25, -0.2) is 4.79 Å². The fourth-order valence-electron chi connectivity index (χ4n) is 3.04. The Hall–Kier alpha value is -3.00. The van der Waals surface area contributed by atoms with E-state index < -0.39 is 24.6 Å². The van der Waals surface area contributed by atoms with Gasteiger partial charge in [0.25, 0.3) is 5.91 Å². The zero-order chi connectivity index (χ0) is 20.8. The number of nitrogens with one attached hydrogen (secondary N) is 2. The fourth-order valence-corrected chi connectivity index (χ4v) is 3.04. The maximum Gasteiger partial charge on any atom is 0.355 e. The maximum absolute atomic E-state index is 12.2. The summed E-state index contributed by atoms with van der Waals surface area (Å²) in [5, 5.41) is 12.5. The first kappa shape index (κ1) is 21.3. The molecule has 0 aliphatic rings. The second-order valence-electron chi connectivity index (χ2n) is 6.38. The summed E-state index contributed by atoms with van der Waals surface area (Å²) in [5.41, 5.74) is 3.02. The van der Waals surface area contributed by atoms with E-state index in [1.165, 1.54) is 7.11 Å². The Labute approximate surface area is 163 Å². The molecule has 0 saturated carbocycles. The number of rotatable bonds is 8. The van der Waals surface area contributed by atoms with Gasteiger partial charge < -0.3 is 29.6 Å². The molecule has 0 aliphatic carbocycles. The highest BCUT2D eigenvalue weighted by atomic mass is 16.5. The van der Waals surface area contributed by atoms with Crippen molar-refractivity contribution in [3.8, 4) is 11.5 Å². The standard InChI is InChI=1S/C20H26N2O6/c1-11-18(13(3)23)12(2)22-19(11)20(25)28-10-17(24)21-9-14-6-7-15(26-4)16(8-14)27-5/h6-8,13,22-23H,9-10H2,1-5H3,(H,21,24)/t13-/m0/s1. The van der Waals surface area contributed by atoms with Gasteiger partial charge in [0.1, 0.15) is 5.69 Å². The molecular weight excluding hydrogens is 364 g/mol. The van der Waals surface area contributed by atoms with Crippen LogP contribution >= 0.6 is 0 Å². The van der Waals surface area contributed by atoms with Crippen molar-refractivity contribution < 1.29 is 28.9 Å². The number of carbonyl (C=O) groups excluding carboxylic acids is 2. The van der Waals surface area contributed by atoms with Gasteiger partial charge in [0.15, 0.2) is 18.1 Å². The molecule has 2 rings (SSSR count). The van der Waals surface area contributed by atoms with Gasteiger partial charge in [-0.1, -0.05) is 6.07 Å². The molecule has 0 aliphatic heterocycles. The van der Waals surface area contributed by atoms with Crippen molar-refractivity contribution in [2.75, 3.05) is 20.8 Å². The lowest BCUT2D eigenvalue weighted by molar-refractivity contribution is -0.124. The molecule has 152 valence electrons. The third-order valence-electron chi connectivity index (χ3n) is 4.39. The van der Waals surface area contributed by atoms with Crippen LogP contribution in [0.2, 0.25) is 0 Å². The summed E-state index contributed by atoms with van der Waals surface area (Å²) in [6.45, 7) is 4.96. The SMILES string of the molecule is COc1ccc(CNC(=O)COC(=O)c2[nH]c(C)c([C@H](C)O)c2C)cc1OC. The molecule has 0 spiro atoms. The minimum absolute atomic E-state index is 0.237. The molecule has 1 atom stereocenters. The lowest BCUT2D eigenvalue weighted by Crippen LogP contribution is -2.28. The second-order valence-corrected chi connectivity index (χ2v) is 6.38. The average molecular weight is 390 g/mol. The first-order valence-electron chi connectivity index (χ1n) is 8.80. The third-order valence-corrected chi connectivity index (χ3v) is 4.39. The van der Waals surface area contributed by atoms with E-state index in [0.717, 1.165) is 5.56 Å². The molecule has 1 amide bonds. The molecular formula is C20H26N2O6. The molecule has 1 aromatic heterocycles. The number of methoxy groups -OCH3 is 2. The number of esters is 1. The number of hydrogen-bond donors (Lipinski definition) is 3. The second kappa shape index (κ2) is 9.27. The molecule has 8 nitrogen and oxygen atoms in total. The van der Waals surface area contributed by atoms with Gasteiger partial charge in [-0.05, 0) is 44.0 Å². The molecule has 0 fully saturated rings. The van der Waals surface area contributed by atoms with Gasteiger partial charge in [-0.2, -0.15) is 0 Å². The number of H-pyrrole nitrogens is 1. The van der Waals surface area contributed by atoms with Crippen molar-refractivity contribution in [3.63, 3.8) is 0 Å². The monoisotopic (exact) mass is 390 g/mol. The number of hydrogen-bond acceptors (Lipinski definition) is 6. The van der Waals surface area contributed by atoms with E-state index in [1.807, 2.05) is 0 Å². The highest BCUT2D eigenvalue weighted by molar-refractivity contribution is 5.91. The van der Waals surface area contributed by atoms with Crippen molar-refractivity contribution in [2.45, 2.75) is 33.4 Å². The third kappa shape index (κ3) is 4.83. The van der Waals surface area contributed by atoms with E-state index in [2.05, 4.69) is 10.3 Å². The summed E-state index contributed by atoms with van der Waals surface area (Å²) in [6.07, 6.45) is -0.706. The van der Waals surface area contributed by atoms with Gasteiger partial charge >= 0.3 is 5.97 Å². The Bertz CT molecular complexity index is 857. The van der Waals surface area contributed by atoms with Gasteiger partial charge in [0, 0.05) is 17.8 Å². The predicted octanol–water partition coefficient (Wildman–Crippen LogP) is 2.18. The zero-order valence-corrected chi connectivity index (χ0v) is 16.7. The normalized spacial score (nSPS) is 11.6. The van der Waals surface area contributed by atoms with E-state index in [0.29, 0.717) is 28.3 Å². The lowest BCUT2D eigenvalue weighted by Gasteiger charge is -2.10. The molecule has 28 heavy (non-hydrogen) atoms. The van der Waals surface area contributed by atoms with E-state index in [9.17, 15) is 14.7 Å². The van der Waals surface area contributed by atoms with E-state index in [1.54, 1.807) is 46.1 Å². The van der Waals surface area contributed by atoms with Crippen LogP contribution in [0.5, 0.6) is 11.5 Å². The van der Waals surface area contributed by atoms with Crippen LogP contribution in [0.1, 0.15) is 45.9 Å². The summed E-state index contributed by atoms with van der Waals surface area (Å²) in [7, 11) is 3.08. The lowest BCUT2D eigenvalue weighted by atomic mass is 10.1. The highest BCUT2D eigenvalue weighted by Crippen LogP contribution is 2.27. The average Bonchev–Trinajstić information content (AvgIpc) is 2.98. The molecule has 8 heteroatoms. The highest BCUT2D eigenvalue weighted by Gasteiger charge is 2.21. The summed E-state index contributed by atoms with van der Waals surface area (Å²) < 4.78 is 15.5. The van der Waals surface area contributed by atoms with E-state index in [-0.39, 0.29) is 12.2 Å². The molecule has 3 N–H and O–H groups in total. The number of aliphatic hydroxyl groups is 1. The predicted molar refractivity (Wildman–Crippen MR) is 103 cm³/mol. The molecule has 0 radical (unpaired) electrons. The number of aromatic nitrogens is 1. The minimum Gasteiger partial charge on any atom is -0.493 e. The van der Waals surface area contributed by atoms with Gasteiger partial charge in [-0.3, -0.25) is 4.79 Å². The molecule has 1 aromatic carbocycles. The van der Waals surface area contributed by atoms with Crippen LogP contribution in [0, 0.1) is 13.8 Å². The Balaban J connectivity index is 1.91. The van der Waals surface area contributed by atoms with Crippen molar-refractivity contribution >= 4 is 11.9 Å². The van der Waals surface area contributed by atoms with Gasteiger partial charge in [0.2, 0.25) is 0 Å². The van der Waals surface area contributed by atoms with Crippen LogP contribution in [0.4, 0.5) is 0 Å². The van der Waals surface area contributed by atoms with E-state index >= 15 is 0 Å². The molecule has 0 bridgehead atoms. The number of aryl methyl sites for hydroxylation is 1. The van der Waals surface area contributed by atoms with E-state index in [4.69, 9.17) is 14.2 Å². The summed E-state index contributed by atoms with van der Waals surface area (Å²) in [5.74, 6) is 0.0837. The fraction of sp³-hybridized carbons (Fsp3) is 0.400. The Kier molecular flexibility index (Phi) is 7.06. The van der Waals surface area contributed by atoms with Gasteiger partial charge in [0.05, 0.1) is 20.3 Å². The van der Waals surface area contributed by atoms with Crippen molar-refractivity contribution in [1.82, 2.24) is 10.3 Å². The Morgan fingerprint density at radius 1 is 1.18 bits per heavy atom. The van der Waals surface area contributed by atoms with Crippen LogP contribution in [0.25, 0.3) is 0 Å². The first-order valence-corrected chi connectivity index (χ1v) is 8.80. The molecule has 2 aromatic rings. The van der Waals surface area contributed by atoms with Crippen LogP contribution in [-0.2, 0) is 16.1 Å². The maximum atomic E-state index is 12.2. The van der Waals surface area contributed by atoms with Crippen LogP contribution in [0.3, 0.4) is 0 Å². The van der Waals surface area contributed by atoms with Crippen molar-refractivity contribution in [3.05, 3.63) is 46.3 Å². The number of aromatic amines is 1. The number of carbonyl (C=O) groups is 2. The summed E-state index contributed by atoms with van der Waals surface area (Å²) in [4.78, 5) is 27.1. The number of ether oxygens (including phenoxy) is 3. The van der Waals surface area contributed by atoms with Crippen molar-refractivity contribution in [1.29, 1.82) is 0 Å². The molecule has 0 saturated heterocycles. The largest absolute Gasteiger partial charge is 0.493 e.